The van der Waals surface area contributed by atoms with E-state index in [0.717, 1.165) is 28.1 Å². The van der Waals surface area contributed by atoms with Crippen molar-refractivity contribution in [1.82, 2.24) is 10.2 Å². The largest absolute Gasteiger partial charge is 0.354 e. The van der Waals surface area contributed by atoms with Gasteiger partial charge in [0.1, 0.15) is 12.6 Å². The minimum Gasteiger partial charge on any atom is -0.354 e. The standard InChI is InChI=1S/C24H32ClN3O4S/c1-6-14-26-24(30)19(4)27(15-20-12-10-17(2)11-13-20)23(29)16-28(33(5,31)32)22-9-7-8-21(25)18(22)3/h7-13,19H,6,14-16H2,1-5H3,(H,26,30). The first kappa shape index (κ1) is 26.7. The van der Waals surface area contributed by atoms with Crippen LogP contribution in [0.15, 0.2) is 42.5 Å². The van der Waals surface area contributed by atoms with E-state index < -0.39 is 28.5 Å². The number of nitrogens with one attached hydrogen (secondary N) is 1. The summed E-state index contributed by atoms with van der Waals surface area (Å²) in [5, 5.41) is 3.21. The second-order valence-corrected chi connectivity index (χ2v) is 10.4. The number of hydrogen-bond donors (Lipinski definition) is 1. The van der Waals surface area contributed by atoms with Crippen LogP contribution in [0, 0.1) is 13.8 Å². The van der Waals surface area contributed by atoms with Gasteiger partial charge >= 0.3 is 0 Å². The first-order valence-electron chi connectivity index (χ1n) is 10.8. The van der Waals surface area contributed by atoms with Crippen molar-refractivity contribution in [2.45, 2.75) is 46.7 Å². The molecule has 0 saturated carbocycles. The Labute approximate surface area is 201 Å². The maximum absolute atomic E-state index is 13.5. The predicted molar refractivity (Wildman–Crippen MR) is 133 cm³/mol. The Balaban J connectivity index is 2.40. The molecule has 2 aromatic carbocycles. The molecule has 1 atom stereocenters. The smallest absolute Gasteiger partial charge is 0.244 e. The second kappa shape index (κ2) is 11.5. The fourth-order valence-electron chi connectivity index (χ4n) is 3.33. The van der Waals surface area contributed by atoms with Crippen molar-refractivity contribution in [2.24, 2.45) is 0 Å². The summed E-state index contributed by atoms with van der Waals surface area (Å²) >= 11 is 6.20. The van der Waals surface area contributed by atoms with Gasteiger partial charge in [-0.25, -0.2) is 8.42 Å². The molecule has 0 saturated heterocycles. The summed E-state index contributed by atoms with van der Waals surface area (Å²) < 4.78 is 26.3. The van der Waals surface area contributed by atoms with Gasteiger partial charge in [0, 0.05) is 18.1 Å². The summed E-state index contributed by atoms with van der Waals surface area (Å²) in [6.07, 6.45) is 1.81. The number of rotatable bonds is 10. The molecular formula is C24H32ClN3O4S. The van der Waals surface area contributed by atoms with Crippen LogP contribution in [-0.2, 0) is 26.2 Å². The molecule has 0 fully saturated rings. The molecule has 0 bridgehead atoms. The van der Waals surface area contributed by atoms with Gasteiger partial charge in [-0.1, -0.05) is 54.4 Å². The predicted octanol–water partition coefficient (Wildman–Crippen LogP) is 3.67. The lowest BCUT2D eigenvalue weighted by molar-refractivity contribution is -0.139. The first-order valence-corrected chi connectivity index (χ1v) is 13.0. The van der Waals surface area contributed by atoms with Crippen LogP contribution >= 0.6 is 11.6 Å². The average molecular weight is 494 g/mol. The monoisotopic (exact) mass is 493 g/mol. The lowest BCUT2D eigenvalue weighted by Gasteiger charge is -2.32. The Hall–Kier alpha value is -2.58. The molecule has 2 aromatic rings. The number of sulfonamides is 1. The zero-order valence-corrected chi connectivity index (χ0v) is 21.3. The fraction of sp³-hybridized carbons (Fsp3) is 0.417. The van der Waals surface area contributed by atoms with Crippen molar-refractivity contribution < 1.29 is 18.0 Å². The topological polar surface area (TPSA) is 86.8 Å². The van der Waals surface area contributed by atoms with Crippen LogP contribution in [0.5, 0.6) is 0 Å². The van der Waals surface area contributed by atoms with Crippen molar-refractivity contribution in [3.8, 4) is 0 Å². The van der Waals surface area contributed by atoms with Crippen molar-refractivity contribution in [3.05, 3.63) is 64.2 Å². The third-order valence-electron chi connectivity index (χ3n) is 5.38. The molecule has 2 rings (SSSR count). The number of benzene rings is 2. The summed E-state index contributed by atoms with van der Waals surface area (Å²) in [5.74, 6) is -0.776. The van der Waals surface area contributed by atoms with Crippen molar-refractivity contribution in [1.29, 1.82) is 0 Å². The van der Waals surface area contributed by atoms with E-state index in [0.29, 0.717) is 22.8 Å². The number of hydrogen-bond acceptors (Lipinski definition) is 4. The zero-order chi connectivity index (χ0) is 24.8. The summed E-state index contributed by atoms with van der Waals surface area (Å²) in [5.41, 5.74) is 2.80. The average Bonchev–Trinajstić information content (AvgIpc) is 2.76. The molecule has 1 N–H and O–H groups in total. The number of anilines is 1. The number of carbonyl (C=O) groups is 2. The Bertz CT molecular complexity index is 1090. The summed E-state index contributed by atoms with van der Waals surface area (Å²) in [6, 6.07) is 11.8. The maximum Gasteiger partial charge on any atom is 0.244 e. The fourth-order valence-corrected chi connectivity index (χ4v) is 4.40. The number of aryl methyl sites for hydroxylation is 1. The van der Waals surface area contributed by atoms with Crippen molar-refractivity contribution in [3.63, 3.8) is 0 Å². The van der Waals surface area contributed by atoms with Gasteiger partial charge in [-0.15, -0.1) is 0 Å². The van der Waals surface area contributed by atoms with E-state index in [1.54, 1.807) is 32.0 Å². The van der Waals surface area contributed by atoms with E-state index in [1.165, 1.54) is 4.90 Å². The van der Waals surface area contributed by atoms with Crippen molar-refractivity contribution in [2.75, 3.05) is 23.7 Å². The van der Waals surface area contributed by atoms with Crippen LogP contribution < -0.4 is 9.62 Å². The van der Waals surface area contributed by atoms with Gasteiger partial charge in [0.25, 0.3) is 0 Å². The van der Waals surface area contributed by atoms with E-state index in [2.05, 4.69) is 5.32 Å². The Kier molecular flexibility index (Phi) is 9.31. The maximum atomic E-state index is 13.5. The highest BCUT2D eigenvalue weighted by Gasteiger charge is 2.30. The third-order valence-corrected chi connectivity index (χ3v) is 6.91. The summed E-state index contributed by atoms with van der Waals surface area (Å²) in [6.45, 7) is 7.47. The number of amides is 2. The van der Waals surface area contributed by atoms with Crippen LogP contribution in [0.1, 0.15) is 37.0 Å². The van der Waals surface area contributed by atoms with Crippen LogP contribution in [0.2, 0.25) is 5.02 Å². The lowest BCUT2D eigenvalue weighted by Crippen LogP contribution is -2.51. The van der Waals surface area contributed by atoms with Crippen LogP contribution in [0.3, 0.4) is 0 Å². The van der Waals surface area contributed by atoms with Gasteiger partial charge in [-0.2, -0.15) is 0 Å². The molecular weight excluding hydrogens is 462 g/mol. The van der Waals surface area contributed by atoms with Gasteiger partial charge < -0.3 is 10.2 Å². The van der Waals surface area contributed by atoms with Gasteiger partial charge in [0.15, 0.2) is 0 Å². The molecule has 0 aliphatic heterocycles. The van der Waals surface area contributed by atoms with E-state index in [9.17, 15) is 18.0 Å². The highest BCUT2D eigenvalue weighted by Crippen LogP contribution is 2.28. The van der Waals surface area contributed by atoms with Gasteiger partial charge in [0.2, 0.25) is 21.8 Å². The molecule has 0 heterocycles. The zero-order valence-electron chi connectivity index (χ0n) is 19.8. The van der Waals surface area contributed by atoms with Gasteiger partial charge in [0.05, 0.1) is 11.9 Å². The van der Waals surface area contributed by atoms with E-state index in [-0.39, 0.29) is 12.5 Å². The van der Waals surface area contributed by atoms with Crippen LogP contribution in [0.25, 0.3) is 0 Å². The second-order valence-electron chi connectivity index (χ2n) is 8.13. The van der Waals surface area contributed by atoms with Crippen molar-refractivity contribution >= 4 is 39.1 Å². The molecule has 33 heavy (non-hydrogen) atoms. The number of carbonyl (C=O) groups excluding carboxylic acids is 2. The minimum atomic E-state index is -3.80. The first-order chi connectivity index (χ1) is 15.5. The Morgan fingerprint density at radius 2 is 1.73 bits per heavy atom. The quantitative estimate of drug-likeness (QED) is 0.547. The summed E-state index contributed by atoms with van der Waals surface area (Å²) in [4.78, 5) is 27.6. The molecule has 0 radical (unpaired) electrons. The molecule has 0 aromatic heterocycles. The molecule has 0 aliphatic carbocycles. The molecule has 2 amide bonds. The number of nitrogens with zero attached hydrogens (tertiary/aromatic N) is 2. The minimum absolute atomic E-state index is 0.173. The molecule has 0 aliphatic rings. The molecule has 9 heteroatoms. The highest BCUT2D eigenvalue weighted by molar-refractivity contribution is 7.92. The van der Waals surface area contributed by atoms with Crippen LogP contribution in [-0.4, -0.2) is 50.5 Å². The van der Waals surface area contributed by atoms with E-state index in [1.807, 2.05) is 38.1 Å². The highest BCUT2D eigenvalue weighted by atomic mass is 35.5. The Morgan fingerprint density at radius 1 is 1.09 bits per heavy atom. The molecule has 1 unspecified atom stereocenters. The van der Waals surface area contributed by atoms with Gasteiger partial charge in [-0.05, 0) is 50.5 Å². The SMILES string of the molecule is CCCNC(=O)C(C)N(Cc1ccc(C)cc1)C(=O)CN(c1cccc(Cl)c1C)S(C)(=O)=O. The Morgan fingerprint density at radius 3 is 2.30 bits per heavy atom. The number of halogens is 1. The van der Waals surface area contributed by atoms with Gasteiger partial charge in [-0.3, -0.25) is 13.9 Å². The van der Waals surface area contributed by atoms with Crippen LogP contribution in [0.4, 0.5) is 5.69 Å². The van der Waals surface area contributed by atoms with E-state index in [4.69, 9.17) is 11.6 Å². The molecule has 180 valence electrons. The third kappa shape index (κ3) is 7.20. The molecule has 7 nitrogen and oxygen atoms in total. The normalized spacial score (nSPS) is 12.2. The lowest BCUT2D eigenvalue weighted by atomic mass is 10.1. The van der Waals surface area contributed by atoms with E-state index >= 15 is 0 Å². The summed E-state index contributed by atoms with van der Waals surface area (Å²) in [7, 11) is -3.80. The molecule has 0 spiro atoms.